The summed E-state index contributed by atoms with van der Waals surface area (Å²) >= 11 is 0. The summed E-state index contributed by atoms with van der Waals surface area (Å²) in [7, 11) is 0. The lowest BCUT2D eigenvalue weighted by molar-refractivity contribution is 0.0753. The average Bonchev–Trinajstić information content (AvgIpc) is 2.49. The molecule has 20 heavy (non-hydrogen) atoms. The third kappa shape index (κ3) is 6.15. The highest BCUT2D eigenvalue weighted by Gasteiger charge is 2.17. The van der Waals surface area contributed by atoms with Crippen LogP contribution in [0.4, 0.5) is 4.79 Å². The van der Waals surface area contributed by atoms with Gasteiger partial charge in [0.15, 0.2) is 0 Å². The Balaban J connectivity index is 1.44. The van der Waals surface area contributed by atoms with E-state index in [1.54, 1.807) is 0 Å². The van der Waals surface area contributed by atoms with Crippen molar-refractivity contribution in [2.45, 2.75) is 89.6 Å². The zero-order valence-corrected chi connectivity index (χ0v) is 12.9. The summed E-state index contributed by atoms with van der Waals surface area (Å²) in [5.74, 6) is 0.956. The molecule has 0 aromatic heterocycles. The summed E-state index contributed by atoms with van der Waals surface area (Å²) in [6.07, 6.45) is 16.6. The number of alkyl carbamates (subject to hydrolysis) is 1. The smallest absolute Gasteiger partial charge is 0.407 e. The molecule has 1 amide bonds. The van der Waals surface area contributed by atoms with Crippen LogP contribution >= 0.6 is 0 Å². The summed E-state index contributed by atoms with van der Waals surface area (Å²) in [6, 6.07) is 0. The second-order valence-electron chi connectivity index (χ2n) is 6.59. The van der Waals surface area contributed by atoms with E-state index in [1.807, 2.05) is 0 Å². The lowest BCUT2D eigenvalue weighted by Gasteiger charge is -2.22. The highest BCUT2D eigenvalue weighted by molar-refractivity contribution is 5.67. The molecule has 0 bridgehead atoms. The number of amides is 1. The number of nitrogens with one attached hydrogen (secondary N) is 1. The highest BCUT2D eigenvalue weighted by Crippen LogP contribution is 2.27. The Morgan fingerprint density at radius 1 is 0.900 bits per heavy atom. The minimum Gasteiger partial charge on any atom is -0.446 e. The van der Waals surface area contributed by atoms with E-state index in [2.05, 4.69) is 5.32 Å². The summed E-state index contributed by atoms with van der Waals surface area (Å²) in [6.45, 7) is 0.776. The van der Waals surface area contributed by atoms with Gasteiger partial charge in [-0.3, -0.25) is 0 Å². The maximum atomic E-state index is 11.6. The molecule has 0 aromatic rings. The zero-order chi connectivity index (χ0) is 14.0. The van der Waals surface area contributed by atoms with Crippen LogP contribution in [0.15, 0.2) is 0 Å². The first-order valence-electron chi connectivity index (χ1n) is 8.79. The lowest BCUT2D eigenvalue weighted by Crippen LogP contribution is -2.30. The predicted octanol–water partition coefficient (Wildman–Crippen LogP) is 4.80. The second-order valence-corrected chi connectivity index (χ2v) is 6.59. The molecule has 0 unspecified atom stereocenters. The van der Waals surface area contributed by atoms with Crippen LogP contribution in [-0.4, -0.2) is 18.7 Å². The van der Waals surface area contributed by atoms with Crippen LogP contribution < -0.4 is 5.32 Å². The number of ether oxygens (including phenoxy) is 1. The molecule has 0 aliphatic heterocycles. The van der Waals surface area contributed by atoms with E-state index in [4.69, 9.17) is 4.74 Å². The van der Waals surface area contributed by atoms with Gasteiger partial charge < -0.3 is 10.1 Å². The fourth-order valence-electron chi connectivity index (χ4n) is 3.60. The van der Waals surface area contributed by atoms with E-state index < -0.39 is 0 Å². The molecule has 2 aliphatic rings. The Bertz CT molecular complexity index is 268. The molecule has 116 valence electrons. The molecule has 3 nitrogen and oxygen atoms in total. The van der Waals surface area contributed by atoms with Crippen LogP contribution in [0.25, 0.3) is 0 Å². The normalized spacial score (nSPS) is 21.6. The molecular formula is C17H31NO2. The van der Waals surface area contributed by atoms with Crippen molar-refractivity contribution >= 4 is 6.09 Å². The predicted molar refractivity (Wildman–Crippen MR) is 81.8 cm³/mol. The molecule has 3 heteroatoms. The van der Waals surface area contributed by atoms with Gasteiger partial charge >= 0.3 is 6.09 Å². The molecule has 2 aliphatic carbocycles. The van der Waals surface area contributed by atoms with Gasteiger partial charge in [-0.25, -0.2) is 4.79 Å². The number of hydrogen-bond acceptors (Lipinski definition) is 2. The number of rotatable bonds is 6. The molecule has 1 N–H and O–H groups in total. The van der Waals surface area contributed by atoms with E-state index in [0.717, 1.165) is 31.7 Å². The standard InChI is InChI=1S/C17H31NO2/c19-17(20-16-12-5-2-6-13-16)18-14-8-7-11-15-9-3-1-4-10-15/h15-16H,1-14H2,(H,18,19). The van der Waals surface area contributed by atoms with E-state index in [-0.39, 0.29) is 12.2 Å². The number of carbonyl (C=O) groups is 1. The SMILES string of the molecule is O=C(NCCCCC1CCCCC1)OC1CCCCC1. The van der Waals surface area contributed by atoms with Gasteiger partial charge in [0, 0.05) is 6.54 Å². The van der Waals surface area contributed by atoms with Gasteiger partial charge in [-0.15, -0.1) is 0 Å². The van der Waals surface area contributed by atoms with Crippen LogP contribution in [-0.2, 0) is 4.74 Å². The Labute approximate surface area is 123 Å². The van der Waals surface area contributed by atoms with Gasteiger partial charge in [-0.1, -0.05) is 51.4 Å². The van der Waals surface area contributed by atoms with E-state index in [1.165, 1.54) is 64.2 Å². The summed E-state index contributed by atoms with van der Waals surface area (Å²) in [5, 5.41) is 2.91. The summed E-state index contributed by atoms with van der Waals surface area (Å²) < 4.78 is 5.44. The van der Waals surface area contributed by atoms with E-state index >= 15 is 0 Å². The van der Waals surface area contributed by atoms with Crippen molar-refractivity contribution in [3.05, 3.63) is 0 Å². The number of hydrogen-bond donors (Lipinski definition) is 1. The van der Waals surface area contributed by atoms with Crippen LogP contribution in [0.5, 0.6) is 0 Å². The van der Waals surface area contributed by atoms with Gasteiger partial charge in [0.2, 0.25) is 0 Å². The van der Waals surface area contributed by atoms with Crippen molar-refractivity contribution in [3.8, 4) is 0 Å². The van der Waals surface area contributed by atoms with E-state index in [0.29, 0.717) is 0 Å². The topological polar surface area (TPSA) is 38.3 Å². The summed E-state index contributed by atoms with van der Waals surface area (Å²) in [5.41, 5.74) is 0. The molecule has 0 spiro atoms. The van der Waals surface area contributed by atoms with Crippen LogP contribution in [0.3, 0.4) is 0 Å². The monoisotopic (exact) mass is 281 g/mol. The molecule has 0 saturated heterocycles. The Morgan fingerprint density at radius 2 is 1.55 bits per heavy atom. The Kier molecular flexibility index (Phi) is 7.24. The minimum atomic E-state index is -0.199. The van der Waals surface area contributed by atoms with Crippen LogP contribution in [0, 0.1) is 5.92 Å². The largest absolute Gasteiger partial charge is 0.446 e. The Morgan fingerprint density at radius 3 is 2.25 bits per heavy atom. The van der Waals surface area contributed by atoms with Crippen LogP contribution in [0.1, 0.15) is 83.5 Å². The van der Waals surface area contributed by atoms with Gasteiger partial charge in [0.1, 0.15) is 6.10 Å². The number of unbranched alkanes of at least 4 members (excludes halogenated alkanes) is 1. The van der Waals surface area contributed by atoms with Crippen LogP contribution in [0.2, 0.25) is 0 Å². The zero-order valence-electron chi connectivity index (χ0n) is 12.9. The Hall–Kier alpha value is -0.730. The van der Waals surface area contributed by atoms with Gasteiger partial charge in [0.05, 0.1) is 0 Å². The first kappa shape index (κ1) is 15.7. The molecule has 0 heterocycles. The fraction of sp³-hybridized carbons (Fsp3) is 0.941. The fourth-order valence-corrected chi connectivity index (χ4v) is 3.60. The molecule has 0 atom stereocenters. The van der Waals surface area contributed by atoms with Gasteiger partial charge in [0.25, 0.3) is 0 Å². The average molecular weight is 281 g/mol. The third-order valence-corrected chi connectivity index (χ3v) is 4.86. The van der Waals surface area contributed by atoms with Crippen molar-refractivity contribution in [1.82, 2.24) is 5.32 Å². The van der Waals surface area contributed by atoms with E-state index in [9.17, 15) is 4.79 Å². The van der Waals surface area contributed by atoms with Crippen molar-refractivity contribution in [2.75, 3.05) is 6.54 Å². The lowest BCUT2D eigenvalue weighted by atomic mass is 9.86. The molecule has 2 saturated carbocycles. The highest BCUT2D eigenvalue weighted by atomic mass is 16.6. The second kappa shape index (κ2) is 9.25. The first-order valence-corrected chi connectivity index (χ1v) is 8.79. The molecule has 0 radical (unpaired) electrons. The molecule has 2 rings (SSSR count). The van der Waals surface area contributed by atoms with Crippen molar-refractivity contribution in [1.29, 1.82) is 0 Å². The summed E-state index contributed by atoms with van der Waals surface area (Å²) in [4.78, 5) is 11.6. The van der Waals surface area contributed by atoms with Crippen molar-refractivity contribution in [2.24, 2.45) is 5.92 Å². The van der Waals surface area contributed by atoms with Crippen molar-refractivity contribution in [3.63, 3.8) is 0 Å². The third-order valence-electron chi connectivity index (χ3n) is 4.86. The molecule has 0 aromatic carbocycles. The van der Waals surface area contributed by atoms with Gasteiger partial charge in [-0.2, -0.15) is 0 Å². The first-order chi connectivity index (χ1) is 9.84. The van der Waals surface area contributed by atoms with Crippen molar-refractivity contribution < 1.29 is 9.53 Å². The van der Waals surface area contributed by atoms with Gasteiger partial charge in [-0.05, 0) is 38.0 Å². The maximum Gasteiger partial charge on any atom is 0.407 e. The molecule has 2 fully saturated rings. The quantitative estimate of drug-likeness (QED) is 0.710. The maximum absolute atomic E-state index is 11.6. The number of carbonyl (C=O) groups excluding carboxylic acids is 1. The minimum absolute atomic E-state index is 0.172. The molecular weight excluding hydrogens is 250 g/mol.